The minimum Gasteiger partial charge on any atom is -0.337 e. The Morgan fingerprint density at radius 2 is 1.56 bits per heavy atom. The summed E-state index contributed by atoms with van der Waals surface area (Å²) in [5.74, 6) is 3.19. The Kier molecular flexibility index (Phi) is 1.32. The average Bonchev–Trinajstić information content (AvgIpc) is 2.34. The van der Waals surface area contributed by atoms with E-state index in [0.29, 0.717) is 0 Å². The number of rotatable bonds is 0. The minimum atomic E-state index is 0.272. The molecule has 0 saturated carbocycles. The number of H-pyrrole nitrogens is 1. The predicted octanol–water partition coefficient (Wildman–Crippen LogP) is -1.98. The second kappa shape index (κ2) is 2.14. The van der Waals surface area contributed by atoms with Crippen molar-refractivity contribution in [2.45, 2.75) is 0 Å². The SMILES string of the molecule is O=C=c1ccc(=C=O)[nH]1. The molecule has 1 aromatic heterocycles. The Labute approximate surface area is 50.3 Å². The van der Waals surface area contributed by atoms with E-state index in [9.17, 15) is 9.59 Å². The van der Waals surface area contributed by atoms with E-state index in [2.05, 4.69) is 4.98 Å². The van der Waals surface area contributed by atoms with Gasteiger partial charge in [-0.3, -0.25) is 0 Å². The molecule has 0 aliphatic carbocycles. The van der Waals surface area contributed by atoms with E-state index in [0.717, 1.165) is 0 Å². The van der Waals surface area contributed by atoms with Crippen molar-refractivity contribution in [1.82, 2.24) is 4.98 Å². The van der Waals surface area contributed by atoms with Gasteiger partial charge in [0, 0.05) is 0 Å². The molecule has 0 bridgehead atoms. The summed E-state index contributed by atoms with van der Waals surface area (Å²) in [4.78, 5) is 22.2. The topological polar surface area (TPSA) is 49.9 Å². The molecule has 1 aromatic rings. The van der Waals surface area contributed by atoms with Crippen molar-refractivity contribution in [3.8, 4) is 0 Å². The van der Waals surface area contributed by atoms with Gasteiger partial charge in [-0.15, -0.1) is 0 Å². The third kappa shape index (κ3) is 0.970. The molecular formula is C6H3NO2. The molecule has 1 heterocycles. The molecule has 0 spiro atoms. The Morgan fingerprint density at radius 1 is 1.11 bits per heavy atom. The summed E-state index contributed by atoms with van der Waals surface area (Å²) in [6.07, 6.45) is 0. The van der Waals surface area contributed by atoms with Crippen LogP contribution < -0.4 is 10.7 Å². The standard InChI is InChI=1S/C6H3NO2/c8-3-5-1-2-6(4-9)7-5/h1-2,7H. The van der Waals surface area contributed by atoms with Gasteiger partial charge in [-0.05, 0) is 12.1 Å². The van der Waals surface area contributed by atoms with Crippen LogP contribution in [0.25, 0.3) is 0 Å². The van der Waals surface area contributed by atoms with Crippen LogP contribution in [0.2, 0.25) is 0 Å². The maximum atomic E-state index is 9.85. The molecule has 0 atom stereocenters. The maximum Gasteiger partial charge on any atom is 0.150 e. The number of hydrogen-bond acceptors (Lipinski definition) is 2. The Morgan fingerprint density at radius 3 is 1.78 bits per heavy atom. The van der Waals surface area contributed by atoms with E-state index in [1.165, 1.54) is 12.1 Å². The highest BCUT2D eigenvalue weighted by Gasteiger charge is 1.79. The summed E-state index contributed by atoms with van der Waals surface area (Å²) in [5, 5.41) is 0.543. The zero-order valence-electron chi connectivity index (χ0n) is 4.47. The highest BCUT2D eigenvalue weighted by Crippen LogP contribution is 1.51. The number of nitrogens with one attached hydrogen (secondary N) is 1. The third-order valence-corrected chi connectivity index (χ3v) is 0.906. The maximum absolute atomic E-state index is 9.85. The third-order valence-electron chi connectivity index (χ3n) is 0.906. The summed E-state index contributed by atoms with van der Waals surface area (Å²) in [6, 6.07) is 2.93. The zero-order chi connectivity index (χ0) is 6.69. The van der Waals surface area contributed by atoms with Crippen molar-refractivity contribution in [1.29, 1.82) is 0 Å². The fourth-order valence-corrected chi connectivity index (χ4v) is 0.514. The molecular weight excluding hydrogens is 118 g/mol. The number of aromatic nitrogens is 1. The molecule has 0 aliphatic rings. The molecule has 0 amide bonds. The normalized spacial score (nSPS) is 8.00. The van der Waals surface area contributed by atoms with Crippen molar-refractivity contribution in [3.63, 3.8) is 0 Å². The Balaban J connectivity index is 3.69. The highest BCUT2D eigenvalue weighted by atomic mass is 16.1. The molecule has 0 aromatic carbocycles. The van der Waals surface area contributed by atoms with Gasteiger partial charge >= 0.3 is 0 Å². The van der Waals surface area contributed by atoms with Gasteiger partial charge in [-0.1, -0.05) is 0 Å². The van der Waals surface area contributed by atoms with E-state index in [1.807, 2.05) is 0 Å². The van der Waals surface area contributed by atoms with Crippen LogP contribution in [-0.2, 0) is 9.59 Å². The molecule has 3 nitrogen and oxygen atoms in total. The first-order chi connectivity index (χ1) is 4.36. The van der Waals surface area contributed by atoms with Gasteiger partial charge in [0.2, 0.25) is 0 Å². The average molecular weight is 121 g/mol. The van der Waals surface area contributed by atoms with Crippen molar-refractivity contribution in [3.05, 3.63) is 22.8 Å². The molecule has 44 valence electrons. The number of carbonyl (C=O) groups excluding carboxylic acids is 2. The molecule has 1 N–H and O–H groups in total. The lowest BCUT2D eigenvalue weighted by Gasteiger charge is -1.59. The van der Waals surface area contributed by atoms with Crippen molar-refractivity contribution in [2.75, 3.05) is 0 Å². The number of hydrogen-bond donors (Lipinski definition) is 1. The predicted molar refractivity (Wildman–Crippen MR) is 29.6 cm³/mol. The van der Waals surface area contributed by atoms with Gasteiger partial charge < -0.3 is 4.98 Å². The van der Waals surface area contributed by atoms with Crippen LogP contribution in [0, 0.1) is 0 Å². The lowest BCUT2D eigenvalue weighted by molar-refractivity contribution is 0.566. The highest BCUT2D eigenvalue weighted by molar-refractivity contribution is 5.47. The number of aromatic amines is 1. The smallest absolute Gasteiger partial charge is 0.150 e. The molecule has 0 fully saturated rings. The molecule has 3 heteroatoms. The monoisotopic (exact) mass is 121 g/mol. The van der Waals surface area contributed by atoms with E-state index < -0.39 is 0 Å². The molecule has 0 radical (unpaired) electrons. The Hall–Kier alpha value is -1.56. The molecule has 0 unspecified atom stereocenters. The molecule has 0 saturated heterocycles. The minimum absolute atomic E-state index is 0.272. The fourth-order valence-electron chi connectivity index (χ4n) is 0.514. The lowest BCUT2D eigenvalue weighted by atomic mass is 10.6. The van der Waals surface area contributed by atoms with Crippen LogP contribution in [0.5, 0.6) is 0 Å². The summed E-state index contributed by atoms with van der Waals surface area (Å²) >= 11 is 0. The molecule has 1 rings (SSSR count). The molecule has 9 heavy (non-hydrogen) atoms. The lowest BCUT2D eigenvalue weighted by Crippen LogP contribution is -2.10. The van der Waals surface area contributed by atoms with Crippen molar-refractivity contribution >= 4 is 11.9 Å². The first-order valence-corrected chi connectivity index (χ1v) is 2.32. The second-order valence-corrected chi connectivity index (χ2v) is 1.49. The summed E-state index contributed by atoms with van der Waals surface area (Å²) in [5.41, 5.74) is 0. The van der Waals surface area contributed by atoms with Crippen molar-refractivity contribution in [2.24, 2.45) is 0 Å². The van der Waals surface area contributed by atoms with Crippen LogP contribution in [0.1, 0.15) is 0 Å². The van der Waals surface area contributed by atoms with Gasteiger partial charge in [-0.2, -0.15) is 0 Å². The molecule has 0 aliphatic heterocycles. The zero-order valence-corrected chi connectivity index (χ0v) is 4.47. The van der Waals surface area contributed by atoms with Gasteiger partial charge in [-0.25, -0.2) is 9.59 Å². The van der Waals surface area contributed by atoms with E-state index >= 15 is 0 Å². The summed E-state index contributed by atoms with van der Waals surface area (Å²) in [6.45, 7) is 0. The van der Waals surface area contributed by atoms with Gasteiger partial charge in [0.05, 0.1) is 0 Å². The van der Waals surface area contributed by atoms with E-state index in [1.54, 1.807) is 11.9 Å². The quantitative estimate of drug-likeness (QED) is 0.432. The fraction of sp³-hybridized carbons (Fsp3) is 0. The van der Waals surface area contributed by atoms with Gasteiger partial charge in [0.15, 0.2) is 11.9 Å². The summed E-state index contributed by atoms with van der Waals surface area (Å²) < 4.78 is 0. The van der Waals surface area contributed by atoms with Crippen LogP contribution in [0.4, 0.5) is 0 Å². The largest absolute Gasteiger partial charge is 0.337 e. The van der Waals surface area contributed by atoms with E-state index in [4.69, 9.17) is 0 Å². The first-order valence-electron chi connectivity index (χ1n) is 2.32. The van der Waals surface area contributed by atoms with Crippen LogP contribution in [0.3, 0.4) is 0 Å². The van der Waals surface area contributed by atoms with Crippen LogP contribution in [-0.4, -0.2) is 16.9 Å². The van der Waals surface area contributed by atoms with Crippen LogP contribution >= 0.6 is 0 Å². The van der Waals surface area contributed by atoms with Crippen LogP contribution in [0.15, 0.2) is 12.1 Å². The summed E-state index contributed by atoms with van der Waals surface area (Å²) in [7, 11) is 0. The Bertz CT molecular complexity index is 318. The van der Waals surface area contributed by atoms with Gasteiger partial charge in [0.25, 0.3) is 0 Å². The second-order valence-electron chi connectivity index (χ2n) is 1.49. The van der Waals surface area contributed by atoms with Crippen molar-refractivity contribution < 1.29 is 9.59 Å². The van der Waals surface area contributed by atoms with E-state index in [-0.39, 0.29) is 10.7 Å². The first kappa shape index (κ1) is 5.57. The van der Waals surface area contributed by atoms with Gasteiger partial charge in [0.1, 0.15) is 10.7 Å².